The maximum atomic E-state index is 11.2. The van der Waals surface area contributed by atoms with Gasteiger partial charge in [-0.15, -0.1) is 0 Å². The van der Waals surface area contributed by atoms with E-state index in [1.807, 2.05) is 0 Å². The van der Waals surface area contributed by atoms with Crippen LogP contribution in [-0.4, -0.2) is 38.2 Å². The van der Waals surface area contributed by atoms with Gasteiger partial charge in [0.1, 0.15) is 0 Å². The summed E-state index contributed by atoms with van der Waals surface area (Å²) in [5, 5.41) is 0. The largest absolute Gasteiger partial charge is 0.304 e. The number of rotatable bonds is 4. The van der Waals surface area contributed by atoms with Gasteiger partial charge < -0.3 is 4.84 Å². The SMILES string of the molecule is CCS(=O)(=O)N1CC(CON)C1. The summed E-state index contributed by atoms with van der Waals surface area (Å²) in [5.41, 5.74) is 0. The summed E-state index contributed by atoms with van der Waals surface area (Å²) in [6, 6.07) is 0. The molecule has 0 amide bonds. The average molecular weight is 194 g/mol. The molecule has 0 atom stereocenters. The van der Waals surface area contributed by atoms with Crippen LogP contribution in [0.5, 0.6) is 0 Å². The fourth-order valence-corrected chi connectivity index (χ4v) is 2.41. The highest BCUT2D eigenvalue weighted by Crippen LogP contribution is 2.19. The maximum Gasteiger partial charge on any atom is 0.213 e. The molecular weight excluding hydrogens is 180 g/mol. The van der Waals surface area contributed by atoms with E-state index >= 15 is 0 Å². The molecule has 0 aromatic rings. The molecule has 12 heavy (non-hydrogen) atoms. The van der Waals surface area contributed by atoms with Crippen molar-refractivity contribution in [3.63, 3.8) is 0 Å². The van der Waals surface area contributed by atoms with E-state index in [9.17, 15) is 8.42 Å². The third-order valence-corrected chi connectivity index (χ3v) is 3.83. The van der Waals surface area contributed by atoms with E-state index in [1.54, 1.807) is 6.92 Å². The van der Waals surface area contributed by atoms with Gasteiger partial charge in [0.25, 0.3) is 0 Å². The van der Waals surface area contributed by atoms with Crippen molar-refractivity contribution in [3.05, 3.63) is 0 Å². The van der Waals surface area contributed by atoms with Gasteiger partial charge in [-0.05, 0) is 6.92 Å². The lowest BCUT2D eigenvalue weighted by atomic mass is 10.1. The van der Waals surface area contributed by atoms with Crippen molar-refractivity contribution in [2.45, 2.75) is 6.92 Å². The second-order valence-corrected chi connectivity index (χ2v) is 5.17. The molecule has 1 fully saturated rings. The lowest BCUT2D eigenvalue weighted by Crippen LogP contribution is -2.52. The van der Waals surface area contributed by atoms with Crippen molar-refractivity contribution in [2.24, 2.45) is 11.8 Å². The van der Waals surface area contributed by atoms with Crippen LogP contribution in [0.15, 0.2) is 0 Å². The first-order valence-corrected chi connectivity index (χ1v) is 5.50. The van der Waals surface area contributed by atoms with Gasteiger partial charge in [0.2, 0.25) is 10.0 Å². The predicted octanol–water partition coefficient (Wildman–Crippen LogP) is -0.842. The molecule has 0 aromatic heterocycles. The molecule has 1 heterocycles. The summed E-state index contributed by atoms with van der Waals surface area (Å²) in [4.78, 5) is 4.42. The van der Waals surface area contributed by atoms with Gasteiger partial charge in [0, 0.05) is 19.0 Å². The standard InChI is InChI=1S/C6H14N2O3S/c1-2-12(9,10)8-3-6(4-8)5-11-7/h6H,2-5,7H2,1H3. The Morgan fingerprint density at radius 1 is 1.58 bits per heavy atom. The lowest BCUT2D eigenvalue weighted by Gasteiger charge is -2.37. The summed E-state index contributed by atoms with van der Waals surface area (Å²) in [7, 11) is -2.98. The summed E-state index contributed by atoms with van der Waals surface area (Å²) < 4.78 is 23.8. The highest BCUT2D eigenvalue weighted by molar-refractivity contribution is 7.89. The first-order valence-electron chi connectivity index (χ1n) is 3.89. The van der Waals surface area contributed by atoms with Gasteiger partial charge >= 0.3 is 0 Å². The number of nitrogens with two attached hydrogens (primary N) is 1. The van der Waals surface area contributed by atoms with E-state index in [1.165, 1.54) is 4.31 Å². The van der Waals surface area contributed by atoms with Crippen LogP contribution in [0, 0.1) is 5.92 Å². The third-order valence-electron chi connectivity index (χ3n) is 2.01. The summed E-state index contributed by atoms with van der Waals surface area (Å²) >= 11 is 0. The monoisotopic (exact) mass is 194 g/mol. The van der Waals surface area contributed by atoms with E-state index in [0.29, 0.717) is 19.7 Å². The van der Waals surface area contributed by atoms with E-state index in [-0.39, 0.29) is 11.7 Å². The molecule has 5 nitrogen and oxygen atoms in total. The molecule has 0 unspecified atom stereocenters. The van der Waals surface area contributed by atoms with E-state index in [4.69, 9.17) is 5.90 Å². The molecule has 2 N–H and O–H groups in total. The number of hydrogen-bond donors (Lipinski definition) is 1. The Labute approximate surface area is 72.5 Å². The molecule has 1 aliphatic rings. The molecule has 0 bridgehead atoms. The van der Waals surface area contributed by atoms with Crippen molar-refractivity contribution in [3.8, 4) is 0 Å². The Balaban J connectivity index is 2.34. The van der Waals surface area contributed by atoms with Crippen LogP contribution in [0.1, 0.15) is 6.92 Å². The van der Waals surface area contributed by atoms with E-state index < -0.39 is 10.0 Å². The summed E-state index contributed by atoms with van der Waals surface area (Å²) in [5.74, 6) is 5.30. The highest BCUT2D eigenvalue weighted by Gasteiger charge is 2.34. The molecule has 72 valence electrons. The fraction of sp³-hybridized carbons (Fsp3) is 1.00. The summed E-state index contributed by atoms with van der Waals surface area (Å²) in [6.45, 7) is 3.18. The minimum Gasteiger partial charge on any atom is -0.304 e. The van der Waals surface area contributed by atoms with Crippen molar-refractivity contribution >= 4 is 10.0 Å². The molecular formula is C6H14N2O3S. The van der Waals surface area contributed by atoms with Crippen LogP contribution >= 0.6 is 0 Å². The minimum absolute atomic E-state index is 0.170. The van der Waals surface area contributed by atoms with E-state index in [2.05, 4.69) is 4.84 Å². The van der Waals surface area contributed by atoms with Gasteiger partial charge in [0.15, 0.2) is 0 Å². The first kappa shape index (κ1) is 9.91. The van der Waals surface area contributed by atoms with Crippen LogP contribution in [0.2, 0.25) is 0 Å². The number of sulfonamides is 1. The third kappa shape index (κ3) is 1.95. The van der Waals surface area contributed by atoms with Gasteiger partial charge in [-0.1, -0.05) is 0 Å². The Morgan fingerprint density at radius 3 is 2.58 bits per heavy atom. The van der Waals surface area contributed by atoms with Crippen molar-refractivity contribution in [2.75, 3.05) is 25.4 Å². The molecule has 1 aliphatic heterocycles. The zero-order valence-corrected chi connectivity index (χ0v) is 7.88. The molecule has 0 spiro atoms. The van der Waals surface area contributed by atoms with Crippen molar-refractivity contribution in [1.29, 1.82) is 0 Å². The number of hydrogen-bond acceptors (Lipinski definition) is 4. The Kier molecular flexibility index (Phi) is 3.05. The molecule has 1 rings (SSSR count). The van der Waals surface area contributed by atoms with Crippen LogP contribution in [0.3, 0.4) is 0 Å². The molecule has 6 heteroatoms. The van der Waals surface area contributed by atoms with Gasteiger partial charge in [0.05, 0.1) is 12.4 Å². The van der Waals surface area contributed by atoms with Crippen LogP contribution in [0.4, 0.5) is 0 Å². The Bertz CT molecular complexity index is 233. The number of nitrogens with zero attached hydrogens (tertiary/aromatic N) is 1. The molecule has 1 saturated heterocycles. The molecule has 0 saturated carbocycles. The average Bonchev–Trinajstić information content (AvgIpc) is 1.95. The van der Waals surface area contributed by atoms with Crippen molar-refractivity contribution < 1.29 is 13.3 Å². The van der Waals surface area contributed by atoms with Crippen LogP contribution in [0.25, 0.3) is 0 Å². The van der Waals surface area contributed by atoms with E-state index in [0.717, 1.165) is 0 Å². The highest BCUT2D eigenvalue weighted by atomic mass is 32.2. The predicted molar refractivity (Wildman–Crippen MR) is 44.7 cm³/mol. The first-order chi connectivity index (χ1) is 5.60. The molecule has 0 aromatic carbocycles. The lowest BCUT2D eigenvalue weighted by molar-refractivity contribution is 0.0508. The van der Waals surface area contributed by atoms with Gasteiger partial charge in [-0.2, -0.15) is 0 Å². The zero-order valence-electron chi connectivity index (χ0n) is 7.06. The smallest absolute Gasteiger partial charge is 0.213 e. The zero-order chi connectivity index (χ0) is 9.19. The van der Waals surface area contributed by atoms with Gasteiger partial charge in [-0.3, -0.25) is 0 Å². The second-order valence-electron chi connectivity index (χ2n) is 2.92. The normalized spacial score (nSPS) is 20.8. The maximum absolute atomic E-state index is 11.2. The van der Waals surface area contributed by atoms with Gasteiger partial charge in [-0.25, -0.2) is 18.6 Å². The van der Waals surface area contributed by atoms with Crippen LogP contribution in [-0.2, 0) is 14.9 Å². The Morgan fingerprint density at radius 2 is 2.17 bits per heavy atom. The second kappa shape index (κ2) is 3.69. The topological polar surface area (TPSA) is 72.6 Å². The minimum atomic E-state index is -2.98. The summed E-state index contributed by atoms with van der Waals surface area (Å²) in [6.07, 6.45) is 0. The fourth-order valence-electron chi connectivity index (χ4n) is 1.17. The molecule has 0 aliphatic carbocycles. The van der Waals surface area contributed by atoms with Crippen molar-refractivity contribution in [1.82, 2.24) is 4.31 Å². The Hall–Kier alpha value is -0.170. The van der Waals surface area contributed by atoms with Crippen LogP contribution < -0.4 is 5.90 Å². The quantitative estimate of drug-likeness (QED) is 0.592. The molecule has 0 radical (unpaired) electrons.